The van der Waals surface area contributed by atoms with Crippen molar-refractivity contribution in [1.29, 1.82) is 0 Å². The van der Waals surface area contributed by atoms with Gasteiger partial charge in [-0.15, -0.1) is 0 Å². The van der Waals surface area contributed by atoms with Gasteiger partial charge < -0.3 is 14.2 Å². The Labute approximate surface area is 172 Å². The smallest absolute Gasteiger partial charge is 0.363 e. The van der Waals surface area contributed by atoms with E-state index in [0.717, 1.165) is 17.5 Å². The quantitative estimate of drug-likeness (QED) is 0.449. The molecular formula is C24H27NO4. The van der Waals surface area contributed by atoms with Gasteiger partial charge in [0.05, 0.1) is 13.2 Å². The highest BCUT2D eigenvalue weighted by Crippen LogP contribution is 2.30. The highest BCUT2D eigenvalue weighted by molar-refractivity contribution is 6.12. The van der Waals surface area contributed by atoms with E-state index in [1.165, 1.54) is 5.56 Å². The molecule has 5 heteroatoms. The molecule has 0 saturated heterocycles. The second-order valence-corrected chi connectivity index (χ2v) is 7.10. The van der Waals surface area contributed by atoms with Crippen molar-refractivity contribution in [3.63, 3.8) is 0 Å². The van der Waals surface area contributed by atoms with Crippen LogP contribution in [0.25, 0.3) is 6.08 Å². The molecule has 0 aliphatic carbocycles. The zero-order chi connectivity index (χ0) is 20.8. The molecule has 0 spiro atoms. The predicted molar refractivity (Wildman–Crippen MR) is 115 cm³/mol. The fourth-order valence-electron chi connectivity index (χ4n) is 2.92. The third-order valence-electron chi connectivity index (χ3n) is 4.48. The number of esters is 1. The number of cyclic esters (lactones) is 1. The normalized spacial score (nSPS) is 14.9. The maximum absolute atomic E-state index is 12.3. The summed E-state index contributed by atoms with van der Waals surface area (Å²) in [7, 11) is 0. The number of hydrogen-bond acceptors (Lipinski definition) is 5. The number of hydrogen-bond donors (Lipinski definition) is 0. The minimum Gasteiger partial charge on any atom is -0.490 e. The van der Waals surface area contributed by atoms with E-state index in [1.807, 2.05) is 49.4 Å². The monoisotopic (exact) mass is 393 g/mol. The molecule has 0 unspecified atom stereocenters. The molecule has 3 rings (SSSR count). The largest absolute Gasteiger partial charge is 0.490 e. The minimum atomic E-state index is -0.461. The van der Waals surface area contributed by atoms with Gasteiger partial charge in [-0.2, -0.15) is 0 Å². The molecule has 0 saturated carbocycles. The Hall–Kier alpha value is -3.08. The number of ether oxygens (including phenoxy) is 3. The zero-order valence-corrected chi connectivity index (χ0v) is 17.4. The third kappa shape index (κ3) is 5.05. The van der Waals surface area contributed by atoms with Crippen LogP contribution in [-0.2, 0) is 9.53 Å². The Morgan fingerprint density at radius 1 is 1.03 bits per heavy atom. The molecule has 0 bridgehead atoms. The molecule has 0 N–H and O–H groups in total. The summed E-state index contributed by atoms with van der Waals surface area (Å²) in [5, 5.41) is 0. The highest BCUT2D eigenvalue weighted by Gasteiger charge is 2.24. The van der Waals surface area contributed by atoms with Crippen molar-refractivity contribution < 1.29 is 19.0 Å². The first-order chi connectivity index (χ1) is 14.0. The van der Waals surface area contributed by atoms with Crippen LogP contribution in [0.15, 0.2) is 53.2 Å². The molecule has 29 heavy (non-hydrogen) atoms. The van der Waals surface area contributed by atoms with Crippen LogP contribution in [0, 0.1) is 0 Å². The average molecular weight is 393 g/mol. The van der Waals surface area contributed by atoms with Crippen molar-refractivity contribution in [2.75, 3.05) is 13.2 Å². The van der Waals surface area contributed by atoms with Crippen molar-refractivity contribution >= 4 is 17.9 Å². The number of nitrogens with zero attached hydrogens (tertiary/aromatic N) is 1. The second-order valence-electron chi connectivity index (χ2n) is 7.10. The summed E-state index contributed by atoms with van der Waals surface area (Å²) in [5.74, 6) is 1.65. The van der Waals surface area contributed by atoms with E-state index in [2.05, 4.69) is 25.8 Å². The molecule has 5 nitrogen and oxygen atoms in total. The van der Waals surface area contributed by atoms with Gasteiger partial charge in [-0.1, -0.05) is 39.0 Å². The Kier molecular flexibility index (Phi) is 6.70. The Morgan fingerprint density at radius 2 is 1.79 bits per heavy atom. The molecule has 0 aromatic heterocycles. The van der Waals surface area contributed by atoms with Gasteiger partial charge in [-0.05, 0) is 60.7 Å². The number of aliphatic imine (C=N–C) groups is 1. The van der Waals surface area contributed by atoms with E-state index < -0.39 is 5.97 Å². The van der Waals surface area contributed by atoms with Crippen molar-refractivity contribution in [3.8, 4) is 11.5 Å². The molecule has 0 amide bonds. The minimum absolute atomic E-state index is 0.262. The Morgan fingerprint density at radius 3 is 2.45 bits per heavy atom. The van der Waals surface area contributed by atoms with Gasteiger partial charge in [-0.3, -0.25) is 0 Å². The summed E-state index contributed by atoms with van der Waals surface area (Å²) >= 11 is 0. The van der Waals surface area contributed by atoms with Crippen molar-refractivity contribution in [1.82, 2.24) is 0 Å². The van der Waals surface area contributed by atoms with Gasteiger partial charge >= 0.3 is 5.97 Å². The maximum atomic E-state index is 12.3. The first kappa shape index (κ1) is 20.6. The van der Waals surface area contributed by atoms with Crippen molar-refractivity contribution in [2.45, 2.75) is 40.0 Å². The van der Waals surface area contributed by atoms with Crippen LogP contribution in [0.2, 0.25) is 0 Å². The lowest BCUT2D eigenvalue weighted by molar-refractivity contribution is -0.129. The molecular weight excluding hydrogens is 366 g/mol. The molecule has 0 atom stereocenters. The van der Waals surface area contributed by atoms with Crippen LogP contribution in [0.5, 0.6) is 11.5 Å². The molecule has 2 aromatic rings. The van der Waals surface area contributed by atoms with Crippen molar-refractivity contribution in [3.05, 3.63) is 64.9 Å². The molecule has 0 radical (unpaired) electrons. The first-order valence-corrected chi connectivity index (χ1v) is 10.0. The molecule has 152 valence electrons. The van der Waals surface area contributed by atoms with Gasteiger partial charge in [0.15, 0.2) is 17.2 Å². The van der Waals surface area contributed by atoms with Gasteiger partial charge in [-0.25, -0.2) is 9.79 Å². The lowest BCUT2D eigenvalue weighted by atomic mass is 10.0. The van der Waals surface area contributed by atoms with Gasteiger partial charge in [0.1, 0.15) is 0 Å². The van der Waals surface area contributed by atoms with Crippen LogP contribution >= 0.6 is 0 Å². The summed E-state index contributed by atoms with van der Waals surface area (Å²) < 4.78 is 16.8. The summed E-state index contributed by atoms with van der Waals surface area (Å²) in [4.78, 5) is 16.7. The summed E-state index contributed by atoms with van der Waals surface area (Å²) in [6.45, 7) is 9.40. The topological polar surface area (TPSA) is 57.1 Å². The fraction of sp³-hybridized carbons (Fsp3) is 0.333. The van der Waals surface area contributed by atoms with E-state index in [4.69, 9.17) is 14.2 Å². The highest BCUT2D eigenvalue weighted by atomic mass is 16.6. The molecule has 1 aliphatic rings. The number of rotatable bonds is 8. The van der Waals surface area contributed by atoms with Crippen molar-refractivity contribution in [2.24, 2.45) is 4.99 Å². The third-order valence-corrected chi connectivity index (χ3v) is 4.48. The van der Waals surface area contributed by atoms with E-state index in [1.54, 1.807) is 6.08 Å². The van der Waals surface area contributed by atoms with E-state index in [0.29, 0.717) is 36.5 Å². The van der Waals surface area contributed by atoms with E-state index >= 15 is 0 Å². The van der Waals surface area contributed by atoms with Gasteiger partial charge in [0, 0.05) is 5.56 Å². The Balaban J connectivity index is 1.85. The number of benzene rings is 2. The SMILES string of the molecule is CCCOc1ccc(/C=C2\N=C(c3ccc(C(C)C)cc3)OC2=O)cc1OCC. The van der Waals surface area contributed by atoms with E-state index in [9.17, 15) is 4.79 Å². The van der Waals surface area contributed by atoms with Crippen LogP contribution in [-0.4, -0.2) is 25.1 Å². The zero-order valence-electron chi connectivity index (χ0n) is 17.4. The van der Waals surface area contributed by atoms with Crippen LogP contribution in [0.1, 0.15) is 56.7 Å². The lowest BCUT2D eigenvalue weighted by Gasteiger charge is -2.12. The van der Waals surface area contributed by atoms with Gasteiger partial charge in [0.25, 0.3) is 0 Å². The van der Waals surface area contributed by atoms with Crippen LogP contribution < -0.4 is 9.47 Å². The van der Waals surface area contributed by atoms with Crippen LogP contribution in [0.4, 0.5) is 0 Å². The number of carbonyl (C=O) groups excluding carboxylic acids is 1. The first-order valence-electron chi connectivity index (χ1n) is 10.0. The molecule has 2 aromatic carbocycles. The summed E-state index contributed by atoms with van der Waals surface area (Å²) in [5.41, 5.74) is 3.06. The Bertz CT molecular complexity index is 926. The second kappa shape index (κ2) is 9.41. The maximum Gasteiger partial charge on any atom is 0.363 e. The van der Waals surface area contributed by atoms with Gasteiger partial charge in [0.2, 0.25) is 5.90 Å². The van der Waals surface area contributed by atoms with Crippen LogP contribution in [0.3, 0.4) is 0 Å². The van der Waals surface area contributed by atoms with E-state index in [-0.39, 0.29) is 5.70 Å². The standard InChI is InChI=1S/C24H27NO4/c1-5-13-28-21-12-7-17(15-22(21)27-6-2)14-20-24(26)29-23(25-20)19-10-8-18(9-11-19)16(3)4/h7-12,14-16H,5-6,13H2,1-4H3/b20-14-. The number of carbonyl (C=O) groups is 1. The summed E-state index contributed by atoms with van der Waals surface area (Å²) in [6, 6.07) is 13.5. The average Bonchev–Trinajstić information content (AvgIpc) is 3.08. The predicted octanol–water partition coefficient (Wildman–Crippen LogP) is 5.34. The molecule has 1 heterocycles. The lowest BCUT2D eigenvalue weighted by Crippen LogP contribution is -2.05. The molecule has 0 fully saturated rings. The fourth-order valence-corrected chi connectivity index (χ4v) is 2.92. The molecule has 1 aliphatic heterocycles. The summed E-state index contributed by atoms with van der Waals surface area (Å²) in [6.07, 6.45) is 2.61.